The lowest BCUT2D eigenvalue weighted by molar-refractivity contribution is -0.125. The van der Waals surface area contributed by atoms with Gasteiger partial charge in [0.2, 0.25) is 0 Å². The average Bonchev–Trinajstić information content (AvgIpc) is 4.28. The van der Waals surface area contributed by atoms with Crippen LogP contribution in [0.2, 0.25) is 18.1 Å². The first-order valence-electron chi connectivity index (χ1n) is 27.2. The third kappa shape index (κ3) is 13.0. The summed E-state index contributed by atoms with van der Waals surface area (Å²) in [6, 6.07) is 40.0. The van der Waals surface area contributed by atoms with Gasteiger partial charge >= 0.3 is 7.60 Å². The number of carbonyl (C=O) groups is 3. The van der Waals surface area contributed by atoms with Crippen LogP contribution in [0.5, 0.6) is 0 Å². The van der Waals surface area contributed by atoms with E-state index in [-0.39, 0.29) is 70.7 Å². The summed E-state index contributed by atoms with van der Waals surface area (Å²) in [4.78, 5) is 45.4. The first-order valence-corrected chi connectivity index (χ1v) is 31.8. The Bertz CT molecular complexity index is 3120. The molecule has 1 atom stereocenters. The van der Waals surface area contributed by atoms with E-state index < -0.39 is 27.3 Å². The standard InChI is InChI=1S/C29H21FN2O.C18H19FN2O2.C16H33O5PSi/c30-27-18-10-17-25(26(27)20-33)28-19-32(21-31-28)29(22-11-4-1-5-12-22,23-13-6-2-7-14-23)24-15-8-3-9-16-24;19-14-3-1-2-13-16-9-20-10-21(16)15(18(13)14)8-17(23)11-4-6-12(22)7-5-11;1-16(2,3)23(6,7)21-14-10-8-13(9-11-14)15(17)12-22(18,19-4)20-5/h1-21H;1-3,9-12,15,22H,4-8H2;13-14H,8-12H2,1-7H3. The molecule has 1 unspecified atom stereocenters. The highest BCUT2D eigenvalue weighted by Gasteiger charge is 2.42. The maximum atomic E-state index is 14.3. The topological polar surface area (TPSA) is 152 Å². The second-order valence-corrected chi connectivity index (χ2v) is 29.3. The van der Waals surface area contributed by atoms with E-state index in [1.165, 1.54) is 26.4 Å². The molecule has 2 fully saturated rings. The Morgan fingerprint density at radius 2 is 1.23 bits per heavy atom. The highest BCUT2D eigenvalue weighted by atomic mass is 31.2. The van der Waals surface area contributed by atoms with Crippen LogP contribution in [0.3, 0.4) is 0 Å². The summed E-state index contributed by atoms with van der Waals surface area (Å²) in [6.07, 6.45) is 13.9. The molecule has 1 aliphatic heterocycles. The van der Waals surface area contributed by atoms with Gasteiger partial charge in [-0.2, -0.15) is 0 Å². The Morgan fingerprint density at radius 3 is 1.76 bits per heavy atom. The monoisotopic (exact) mass is 1110 g/mol. The van der Waals surface area contributed by atoms with Crippen molar-refractivity contribution in [1.29, 1.82) is 0 Å². The number of imidazole rings is 2. The van der Waals surface area contributed by atoms with Crippen molar-refractivity contribution in [2.75, 3.05) is 20.4 Å². The number of ketones is 2. The summed E-state index contributed by atoms with van der Waals surface area (Å²) in [7, 11) is -2.37. The molecular formula is C63H73F2N4O8PSi. The van der Waals surface area contributed by atoms with Crippen LogP contribution in [0, 0.1) is 23.5 Å². The number of aliphatic hydroxyl groups excluding tert-OH is 1. The molecule has 3 heterocycles. The van der Waals surface area contributed by atoms with Gasteiger partial charge in [-0.15, -0.1) is 0 Å². The van der Waals surface area contributed by atoms with Gasteiger partial charge in [0.15, 0.2) is 14.6 Å². The zero-order chi connectivity index (χ0) is 56.5. The number of benzene rings is 5. The Labute approximate surface area is 464 Å². The molecule has 0 radical (unpaired) electrons. The van der Waals surface area contributed by atoms with Crippen molar-refractivity contribution in [3.05, 3.63) is 192 Å². The van der Waals surface area contributed by atoms with Crippen molar-refractivity contribution in [3.8, 4) is 22.5 Å². The van der Waals surface area contributed by atoms with Crippen molar-refractivity contribution in [3.63, 3.8) is 0 Å². The van der Waals surface area contributed by atoms with Crippen LogP contribution >= 0.6 is 7.60 Å². The van der Waals surface area contributed by atoms with Crippen LogP contribution in [0.1, 0.15) is 117 Å². The number of hydrogen-bond donors (Lipinski definition) is 1. The van der Waals surface area contributed by atoms with Crippen molar-refractivity contribution in [1.82, 2.24) is 19.1 Å². The van der Waals surface area contributed by atoms with Gasteiger partial charge in [0, 0.05) is 61.5 Å². The number of fused-ring (bicyclic) bond motifs is 3. The molecule has 0 spiro atoms. The fraction of sp³-hybridized carbons (Fsp3) is 0.381. The zero-order valence-electron chi connectivity index (χ0n) is 46.3. The van der Waals surface area contributed by atoms with Crippen LogP contribution in [-0.4, -0.2) is 83.0 Å². The third-order valence-electron chi connectivity index (χ3n) is 16.5. The normalized spacial score (nSPS) is 19.2. The van der Waals surface area contributed by atoms with Gasteiger partial charge in [-0.1, -0.05) is 136 Å². The molecule has 0 amide bonds. The molecule has 7 aromatic rings. The molecule has 10 rings (SSSR count). The molecule has 3 aliphatic rings. The number of Topliss-reactive ketones (excluding diaryl/α,β-unsaturated/α-hetero) is 2. The Kier molecular flexibility index (Phi) is 18.9. The molecule has 2 aliphatic carbocycles. The molecule has 1 N–H and O–H groups in total. The predicted molar refractivity (Wildman–Crippen MR) is 306 cm³/mol. The van der Waals surface area contributed by atoms with Crippen molar-refractivity contribution in [2.24, 2.45) is 11.8 Å². The molecule has 16 heteroatoms. The number of hydrogen-bond acceptors (Lipinski definition) is 10. The number of aliphatic hydroxyl groups is 1. The first-order chi connectivity index (χ1) is 37.8. The Balaban J connectivity index is 0.000000160. The summed E-state index contributed by atoms with van der Waals surface area (Å²) < 4.78 is 60.9. The number of halogens is 2. The van der Waals surface area contributed by atoms with Crippen LogP contribution < -0.4 is 0 Å². The van der Waals surface area contributed by atoms with Gasteiger partial charge in [-0.3, -0.25) is 18.9 Å². The lowest BCUT2D eigenvalue weighted by Gasteiger charge is -2.41. The van der Waals surface area contributed by atoms with Crippen molar-refractivity contribution >= 4 is 33.8 Å². The average molecular weight is 1110 g/mol. The minimum absolute atomic E-state index is 0.00693. The highest BCUT2D eigenvalue weighted by Crippen LogP contribution is 2.48. The number of aldehydes is 1. The van der Waals surface area contributed by atoms with E-state index in [9.17, 15) is 32.8 Å². The second kappa shape index (κ2) is 25.4. The van der Waals surface area contributed by atoms with E-state index in [4.69, 9.17) is 13.5 Å². The SMILES string of the molecule is COP(=O)(CC(=O)C1CCC(O[Si](C)(C)C(C)(C)C)CC1)OC.O=C(CC1c2c(F)cccc2-c2cncn21)C1CCC(O)CC1.O=Cc1c(F)cccc1-c1cn(C(c2ccccc2)(c2ccccc2)c2ccccc2)cn1. The molecular weight excluding hydrogens is 1040 g/mol. The van der Waals surface area contributed by atoms with Crippen LogP contribution in [0.15, 0.2) is 152 Å². The smallest absolute Gasteiger partial charge is 0.337 e. The third-order valence-corrected chi connectivity index (χ3v) is 22.9. The first kappa shape index (κ1) is 58.8. The minimum atomic E-state index is -3.25. The summed E-state index contributed by atoms with van der Waals surface area (Å²) in [5, 5.41) is 9.79. The molecule has 5 aromatic carbocycles. The molecule has 12 nitrogen and oxygen atoms in total. The summed E-state index contributed by atoms with van der Waals surface area (Å²) in [6.45, 7) is 11.2. The van der Waals surface area contributed by atoms with Gasteiger partial charge in [-0.05, 0) is 98.3 Å². The second-order valence-electron chi connectivity index (χ2n) is 22.3. The van der Waals surface area contributed by atoms with E-state index in [0.717, 1.165) is 66.5 Å². The molecule has 0 bridgehead atoms. The van der Waals surface area contributed by atoms with Gasteiger partial charge in [0.1, 0.15) is 34.9 Å². The molecule has 79 heavy (non-hydrogen) atoms. The Morgan fingerprint density at radius 1 is 0.709 bits per heavy atom. The van der Waals surface area contributed by atoms with Gasteiger partial charge in [-0.25, -0.2) is 18.7 Å². The van der Waals surface area contributed by atoms with Gasteiger partial charge in [0.05, 0.1) is 47.9 Å². The predicted octanol–water partition coefficient (Wildman–Crippen LogP) is 14.1. The van der Waals surface area contributed by atoms with Crippen molar-refractivity contribution in [2.45, 2.75) is 120 Å². The maximum absolute atomic E-state index is 14.3. The largest absolute Gasteiger partial charge is 0.414 e. The summed E-state index contributed by atoms with van der Waals surface area (Å²) >= 11 is 0. The number of carbonyl (C=O) groups excluding carboxylic acids is 3. The molecule has 416 valence electrons. The van der Waals surface area contributed by atoms with Crippen LogP contribution in [0.4, 0.5) is 8.78 Å². The Hall–Kier alpha value is -6.32. The molecule has 2 aromatic heterocycles. The fourth-order valence-electron chi connectivity index (χ4n) is 11.1. The van der Waals surface area contributed by atoms with Crippen molar-refractivity contribution < 1.29 is 46.3 Å². The van der Waals surface area contributed by atoms with E-state index in [2.05, 4.69) is 80.2 Å². The fourth-order valence-corrected chi connectivity index (χ4v) is 13.6. The number of rotatable bonds is 16. The van der Waals surface area contributed by atoms with Gasteiger partial charge < -0.3 is 27.7 Å². The summed E-state index contributed by atoms with van der Waals surface area (Å²) in [5.74, 6) is -0.727. The molecule has 0 saturated heterocycles. The lowest BCUT2D eigenvalue weighted by atomic mass is 9.77. The van der Waals surface area contributed by atoms with E-state index in [0.29, 0.717) is 35.9 Å². The van der Waals surface area contributed by atoms with Crippen LogP contribution in [0.25, 0.3) is 22.5 Å². The number of nitrogens with zero attached hydrogens (tertiary/aromatic N) is 4. The van der Waals surface area contributed by atoms with E-state index in [1.54, 1.807) is 37.1 Å². The van der Waals surface area contributed by atoms with Crippen LogP contribution in [-0.2, 0) is 33.2 Å². The van der Waals surface area contributed by atoms with E-state index >= 15 is 0 Å². The number of aromatic nitrogens is 4. The zero-order valence-corrected chi connectivity index (χ0v) is 48.2. The quantitative estimate of drug-likeness (QED) is 0.0428. The van der Waals surface area contributed by atoms with E-state index in [1.807, 2.05) is 76.0 Å². The maximum Gasteiger partial charge on any atom is 0.337 e. The summed E-state index contributed by atoms with van der Waals surface area (Å²) in [5.41, 5.74) is 5.76. The molecule has 2 saturated carbocycles. The minimum Gasteiger partial charge on any atom is -0.414 e. The highest BCUT2D eigenvalue weighted by molar-refractivity contribution is 7.54. The lowest BCUT2D eigenvalue weighted by Crippen LogP contribution is -2.45. The van der Waals surface area contributed by atoms with Gasteiger partial charge in [0.25, 0.3) is 0 Å².